The average molecular weight is 270 g/mol. The third kappa shape index (κ3) is 3.55. The quantitative estimate of drug-likeness (QED) is 0.571. The van der Waals surface area contributed by atoms with Gasteiger partial charge in [-0.2, -0.15) is 0 Å². The van der Waals surface area contributed by atoms with E-state index in [0.29, 0.717) is 0 Å². The van der Waals surface area contributed by atoms with Gasteiger partial charge >= 0.3 is 0 Å². The minimum atomic E-state index is 0.0141. The number of amidine groups is 1. The number of nitrogens with one attached hydrogen (secondary N) is 2. The summed E-state index contributed by atoms with van der Waals surface area (Å²) >= 11 is 3.45. The zero-order chi connectivity index (χ0) is 11.6. The maximum Gasteiger partial charge on any atom is 0.122 e. The highest BCUT2D eigenvalue weighted by Gasteiger charge is 2.11. The van der Waals surface area contributed by atoms with E-state index in [1.165, 1.54) is 0 Å². The smallest absolute Gasteiger partial charge is 0.122 e. The van der Waals surface area contributed by atoms with Crippen molar-refractivity contribution in [3.8, 4) is 0 Å². The summed E-state index contributed by atoms with van der Waals surface area (Å²) in [7, 11) is 0. The van der Waals surface area contributed by atoms with Gasteiger partial charge in [0, 0.05) is 21.3 Å². The molecule has 15 heavy (non-hydrogen) atoms. The Labute approximate surface area is 98.7 Å². The van der Waals surface area contributed by atoms with Crippen LogP contribution in [0, 0.1) is 5.41 Å². The Bertz CT molecular complexity index is 380. The molecule has 0 unspecified atom stereocenters. The second kappa shape index (κ2) is 4.23. The molecule has 0 bridgehead atoms. The standard InChI is InChI=1S/C11H16BrN3/c1-11(2,3)15-9-5-4-7(10(13)14)6-8(9)12/h4-6,15H,1-3H3,(H3,13,14). The van der Waals surface area contributed by atoms with E-state index in [0.717, 1.165) is 15.7 Å². The fourth-order valence-electron chi connectivity index (χ4n) is 1.19. The van der Waals surface area contributed by atoms with Gasteiger partial charge < -0.3 is 11.1 Å². The molecule has 0 aliphatic rings. The van der Waals surface area contributed by atoms with Gasteiger partial charge in [0.25, 0.3) is 0 Å². The summed E-state index contributed by atoms with van der Waals surface area (Å²) in [6, 6.07) is 5.60. The monoisotopic (exact) mass is 269 g/mol. The first-order valence-corrected chi connectivity index (χ1v) is 5.51. The van der Waals surface area contributed by atoms with Gasteiger partial charge in [-0.25, -0.2) is 0 Å². The predicted molar refractivity (Wildman–Crippen MR) is 68.5 cm³/mol. The van der Waals surface area contributed by atoms with Crippen molar-refractivity contribution in [3.63, 3.8) is 0 Å². The van der Waals surface area contributed by atoms with E-state index in [4.69, 9.17) is 11.1 Å². The average Bonchev–Trinajstić information content (AvgIpc) is 2.05. The van der Waals surface area contributed by atoms with E-state index in [1.54, 1.807) is 0 Å². The number of hydrogen-bond acceptors (Lipinski definition) is 2. The Balaban J connectivity index is 2.99. The Hall–Kier alpha value is -1.03. The summed E-state index contributed by atoms with van der Waals surface area (Å²) in [4.78, 5) is 0. The number of nitrogen functional groups attached to an aromatic ring is 1. The molecule has 1 aromatic carbocycles. The van der Waals surface area contributed by atoms with Crippen LogP contribution in [0.5, 0.6) is 0 Å². The summed E-state index contributed by atoms with van der Waals surface area (Å²) in [5.74, 6) is 0.0815. The van der Waals surface area contributed by atoms with Crippen molar-refractivity contribution < 1.29 is 0 Å². The van der Waals surface area contributed by atoms with Crippen molar-refractivity contribution in [1.82, 2.24) is 0 Å². The molecule has 4 N–H and O–H groups in total. The lowest BCUT2D eigenvalue weighted by Gasteiger charge is -2.23. The molecule has 0 radical (unpaired) electrons. The molecule has 82 valence electrons. The molecule has 0 atom stereocenters. The van der Waals surface area contributed by atoms with E-state index in [-0.39, 0.29) is 11.4 Å². The number of nitrogens with two attached hydrogens (primary N) is 1. The van der Waals surface area contributed by atoms with Gasteiger partial charge in [0.1, 0.15) is 5.84 Å². The molecule has 0 aliphatic heterocycles. The van der Waals surface area contributed by atoms with Gasteiger partial charge in [-0.1, -0.05) is 0 Å². The zero-order valence-corrected chi connectivity index (χ0v) is 10.8. The molecule has 0 heterocycles. The highest BCUT2D eigenvalue weighted by Crippen LogP contribution is 2.26. The number of rotatable bonds is 2. The number of benzene rings is 1. The van der Waals surface area contributed by atoms with Gasteiger partial charge in [0.2, 0.25) is 0 Å². The SMILES string of the molecule is CC(C)(C)Nc1ccc(C(=N)N)cc1Br. The zero-order valence-electron chi connectivity index (χ0n) is 9.19. The second-order valence-electron chi connectivity index (χ2n) is 4.48. The molecular weight excluding hydrogens is 254 g/mol. The summed E-state index contributed by atoms with van der Waals surface area (Å²) in [6.07, 6.45) is 0. The van der Waals surface area contributed by atoms with Crippen molar-refractivity contribution in [2.75, 3.05) is 5.32 Å². The molecule has 0 spiro atoms. The van der Waals surface area contributed by atoms with E-state index in [1.807, 2.05) is 18.2 Å². The highest BCUT2D eigenvalue weighted by molar-refractivity contribution is 9.10. The molecule has 0 saturated carbocycles. The van der Waals surface area contributed by atoms with E-state index in [9.17, 15) is 0 Å². The van der Waals surface area contributed by atoms with Crippen molar-refractivity contribution in [2.45, 2.75) is 26.3 Å². The number of halogens is 1. The van der Waals surface area contributed by atoms with Gasteiger partial charge in [0.05, 0.1) is 0 Å². The van der Waals surface area contributed by atoms with E-state index < -0.39 is 0 Å². The number of anilines is 1. The third-order valence-electron chi connectivity index (χ3n) is 1.79. The molecule has 1 rings (SSSR count). The van der Waals surface area contributed by atoms with Crippen LogP contribution in [0.4, 0.5) is 5.69 Å². The summed E-state index contributed by atoms with van der Waals surface area (Å²) in [5.41, 5.74) is 7.15. The first kappa shape index (κ1) is 12.0. The lowest BCUT2D eigenvalue weighted by molar-refractivity contribution is 0.633. The van der Waals surface area contributed by atoms with Crippen LogP contribution in [0.1, 0.15) is 26.3 Å². The molecule has 0 saturated heterocycles. The molecular formula is C11H16BrN3. The molecule has 4 heteroatoms. The normalized spacial score (nSPS) is 11.2. The van der Waals surface area contributed by atoms with Crippen LogP contribution in [0.15, 0.2) is 22.7 Å². The fourth-order valence-corrected chi connectivity index (χ4v) is 1.67. The predicted octanol–water partition coefficient (Wildman–Crippen LogP) is 2.94. The lowest BCUT2D eigenvalue weighted by Crippen LogP contribution is -2.26. The molecule has 0 aromatic heterocycles. The van der Waals surface area contributed by atoms with Gasteiger partial charge in [-0.05, 0) is 54.9 Å². The van der Waals surface area contributed by atoms with Crippen LogP contribution in [0.3, 0.4) is 0 Å². The largest absolute Gasteiger partial charge is 0.384 e. The Kier molecular flexibility index (Phi) is 3.39. The van der Waals surface area contributed by atoms with Crippen molar-refractivity contribution in [2.24, 2.45) is 5.73 Å². The van der Waals surface area contributed by atoms with Gasteiger partial charge in [0.15, 0.2) is 0 Å². The maximum absolute atomic E-state index is 7.32. The Morgan fingerprint density at radius 3 is 2.40 bits per heavy atom. The van der Waals surface area contributed by atoms with Crippen LogP contribution >= 0.6 is 15.9 Å². The Morgan fingerprint density at radius 1 is 1.40 bits per heavy atom. The lowest BCUT2D eigenvalue weighted by atomic mass is 10.1. The topological polar surface area (TPSA) is 61.9 Å². The van der Waals surface area contributed by atoms with Crippen LogP contribution in [-0.4, -0.2) is 11.4 Å². The maximum atomic E-state index is 7.32. The highest BCUT2D eigenvalue weighted by atomic mass is 79.9. The molecule has 3 nitrogen and oxygen atoms in total. The van der Waals surface area contributed by atoms with E-state index in [2.05, 4.69) is 42.0 Å². The minimum Gasteiger partial charge on any atom is -0.384 e. The van der Waals surface area contributed by atoms with Gasteiger partial charge in [-0.3, -0.25) is 5.41 Å². The molecule has 1 aromatic rings. The summed E-state index contributed by atoms with van der Waals surface area (Å²) < 4.78 is 0.921. The van der Waals surface area contributed by atoms with Crippen LogP contribution in [-0.2, 0) is 0 Å². The van der Waals surface area contributed by atoms with Gasteiger partial charge in [-0.15, -0.1) is 0 Å². The minimum absolute atomic E-state index is 0.0141. The van der Waals surface area contributed by atoms with Crippen LogP contribution in [0.2, 0.25) is 0 Å². The molecule has 0 amide bonds. The molecule has 0 aliphatic carbocycles. The van der Waals surface area contributed by atoms with Crippen LogP contribution in [0.25, 0.3) is 0 Å². The van der Waals surface area contributed by atoms with E-state index >= 15 is 0 Å². The second-order valence-corrected chi connectivity index (χ2v) is 5.34. The summed E-state index contributed by atoms with van der Waals surface area (Å²) in [6.45, 7) is 6.29. The third-order valence-corrected chi connectivity index (χ3v) is 2.45. The summed E-state index contributed by atoms with van der Waals surface area (Å²) in [5, 5.41) is 10.7. The number of hydrogen-bond donors (Lipinski definition) is 3. The fraction of sp³-hybridized carbons (Fsp3) is 0.364. The first-order valence-electron chi connectivity index (χ1n) is 4.72. The Morgan fingerprint density at radius 2 is 2.00 bits per heavy atom. The first-order chi connectivity index (χ1) is 6.79. The van der Waals surface area contributed by atoms with Crippen molar-refractivity contribution >= 4 is 27.5 Å². The van der Waals surface area contributed by atoms with Crippen LogP contribution < -0.4 is 11.1 Å². The molecule has 0 fully saturated rings. The van der Waals surface area contributed by atoms with Crippen molar-refractivity contribution in [1.29, 1.82) is 5.41 Å². The van der Waals surface area contributed by atoms with Crippen molar-refractivity contribution in [3.05, 3.63) is 28.2 Å².